The Balaban J connectivity index is 0.000000459. The molecule has 0 aliphatic heterocycles. The second-order valence-electron chi connectivity index (χ2n) is 28.9. The first-order valence-corrected chi connectivity index (χ1v) is 36.0. The monoisotopic (exact) mass is 1510 g/mol. The molecule has 0 saturated carbocycles. The molecular formula is C85H109N6NaO17. The molecular weight excluding hydrogens is 1400 g/mol. The van der Waals surface area contributed by atoms with Crippen LogP contribution in [0.15, 0.2) is 121 Å². The summed E-state index contributed by atoms with van der Waals surface area (Å²) in [7, 11) is 4.67. The zero-order valence-corrected chi connectivity index (χ0v) is 70.1. The molecule has 0 atom stereocenters. The smallest absolute Gasteiger partial charge is 1.00 e. The average molecular weight is 1510 g/mol. The van der Waals surface area contributed by atoms with Gasteiger partial charge in [-0.15, -0.1) is 0 Å². The maximum atomic E-state index is 14.9. The van der Waals surface area contributed by atoms with Crippen LogP contribution in [0.4, 0.5) is 5.69 Å². The van der Waals surface area contributed by atoms with Crippen molar-refractivity contribution >= 4 is 52.9 Å². The first-order valence-electron chi connectivity index (χ1n) is 36.0. The van der Waals surface area contributed by atoms with Gasteiger partial charge in [-0.05, 0) is 210 Å². The first kappa shape index (κ1) is 91.3. The van der Waals surface area contributed by atoms with Gasteiger partial charge in [-0.3, -0.25) is 44.3 Å². The van der Waals surface area contributed by atoms with Crippen molar-refractivity contribution in [3.8, 4) is 28.7 Å². The number of benzene rings is 7. The minimum Gasteiger partial charge on any atom is -1.00 e. The molecule has 24 heteroatoms. The molecule has 0 heterocycles. The first-order chi connectivity index (χ1) is 50.7. The van der Waals surface area contributed by atoms with Gasteiger partial charge in [0, 0.05) is 55.6 Å². The molecule has 0 aliphatic rings. The summed E-state index contributed by atoms with van der Waals surface area (Å²) in [5.74, 6) is -1.95. The third-order valence-corrected chi connectivity index (χ3v) is 17.0. The number of carbonyl (C=O) groups is 8. The zero-order valence-electron chi connectivity index (χ0n) is 69.1. The summed E-state index contributed by atoms with van der Waals surface area (Å²) < 4.78 is 37.5. The maximum absolute atomic E-state index is 14.9. The number of ketones is 1. The zero-order chi connectivity index (χ0) is 80.9. The molecule has 0 unspecified atom stereocenters. The number of hydrogen-bond donors (Lipinski definition) is 1. The van der Waals surface area contributed by atoms with Crippen LogP contribution in [-0.2, 0) is 44.9 Å². The van der Waals surface area contributed by atoms with Gasteiger partial charge in [-0.2, -0.15) is 0 Å². The van der Waals surface area contributed by atoms with Crippen LogP contribution in [0.2, 0.25) is 0 Å². The Hall–Kier alpha value is -10.1. The Morgan fingerprint density at radius 3 is 1.21 bits per heavy atom. The van der Waals surface area contributed by atoms with E-state index in [1.165, 1.54) is 28.2 Å². The van der Waals surface area contributed by atoms with Gasteiger partial charge < -0.3 is 39.5 Å². The molecule has 0 radical (unpaired) electrons. The molecule has 109 heavy (non-hydrogen) atoms. The Morgan fingerprint density at radius 2 is 0.835 bits per heavy atom. The van der Waals surface area contributed by atoms with Crippen LogP contribution in [0.5, 0.6) is 28.7 Å². The third kappa shape index (κ3) is 25.0. The summed E-state index contributed by atoms with van der Waals surface area (Å²) >= 11 is 0. The van der Waals surface area contributed by atoms with Crippen molar-refractivity contribution in [3.05, 3.63) is 220 Å². The van der Waals surface area contributed by atoms with E-state index in [4.69, 9.17) is 33.2 Å². The van der Waals surface area contributed by atoms with Gasteiger partial charge in [0.05, 0.1) is 75.3 Å². The number of hydrazine groups is 2. The van der Waals surface area contributed by atoms with Gasteiger partial charge in [0.15, 0.2) is 30.5 Å². The van der Waals surface area contributed by atoms with Crippen LogP contribution in [0, 0.1) is 51.7 Å². The number of carbonyl (C=O) groups excluding carboxylic acids is 8. The topological polar surface area (TPSA) is 269 Å². The fraction of sp³-hybridized carbons (Fsp3) is 0.412. The van der Waals surface area contributed by atoms with Crippen LogP contribution in [0.25, 0.3) is 0 Å². The van der Waals surface area contributed by atoms with E-state index >= 15 is 0 Å². The van der Waals surface area contributed by atoms with Gasteiger partial charge >= 0.3 is 41.5 Å². The van der Waals surface area contributed by atoms with Crippen LogP contribution in [0.1, 0.15) is 216 Å². The van der Waals surface area contributed by atoms with Crippen LogP contribution < -0.4 is 58.7 Å². The Bertz CT molecular complexity index is 4220. The number of nitro groups is 1. The number of esters is 2. The number of aryl methyl sites for hydroxylation is 6. The van der Waals surface area contributed by atoms with E-state index in [-0.39, 0.29) is 96.9 Å². The van der Waals surface area contributed by atoms with E-state index in [1.807, 2.05) is 171 Å². The molecule has 0 aromatic heterocycles. The van der Waals surface area contributed by atoms with E-state index in [2.05, 4.69) is 5.43 Å². The van der Waals surface area contributed by atoms with Gasteiger partial charge in [0.25, 0.3) is 35.2 Å². The molecule has 5 amide bonds. The summed E-state index contributed by atoms with van der Waals surface area (Å²) in [4.78, 5) is 120. The van der Waals surface area contributed by atoms with Crippen molar-refractivity contribution in [3.63, 3.8) is 0 Å². The van der Waals surface area contributed by atoms with Crippen LogP contribution in [0.3, 0.4) is 0 Å². The van der Waals surface area contributed by atoms with Crippen molar-refractivity contribution in [1.82, 2.24) is 25.4 Å². The molecule has 0 fully saturated rings. The molecule has 582 valence electrons. The standard InChI is InChI=1S/C38H47N3O11.C24H31NO3.C23H30N2O3.Na.H/c1-10-28-29(14-13-15-31(28)48-9)37(45)39(40(38(6,7)8)36(44)26-17-24(4)16-25(5)18-26)21-27-19-32(51-22-34(42)49-11-2)33(20-30(27)41(46)47)52-23-35(43)50-12-3;1-8-19-20(10-9-11-22(19)28-7)21(26)15-25(24(4,5)6)23(27)18-13-16(2)12-17(3)14-18;1-8-18-19(10-9-11-20(18)28-7)21(26)24-25(23(4,5)6)22(27)17-13-15(2)12-16(3)14-17;;/h13-20H,10-12,21-23H2,1-9H3;9-14H,8,15H2,1-7H3;9-14H,8H2,1-7H3,(H,24,26);;/q;;;+1;-1. The minimum absolute atomic E-state index is 0. The number of rotatable bonds is 25. The number of nitrogens with zero attached hydrogens (tertiary/aromatic N) is 5. The molecule has 7 aromatic rings. The van der Waals surface area contributed by atoms with Crippen molar-refractivity contribution in [1.29, 1.82) is 0 Å². The van der Waals surface area contributed by atoms with Gasteiger partial charge in [0.1, 0.15) is 17.2 Å². The molecule has 7 aromatic carbocycles. The number of hydrogen-bond acceptors (Lipinski definition) is 17. The fourth-order valence-corrected chi connectivity index (χ4v) is 12.4. The van der Waals surface area contributed by atoms with E-state index in [1.54, 1.807) is 96.2 Å². The summed E-state index contributed by atoms with van der Waals surface area (Å²) in [6, 6.07) is 34.9. The largest absolute Gasteiger partial charge is 1.00 e. The van der Waals surface area contributed by atoms with Crippen LogP contribution in [-0.4, -0.2) is 143 Å². The number of nitro benzene ring substituents is 1. The number of amides is 5. The second-order valence-corrected chi connectivity index (χ2v) is 28.9. The predicted octanol–water partition coefficient (Wildman–Crippen LogP) is 12.7. The molecule has 0 spiro atoms. The summed E-state index contributed by atoms with van der Waals surface area (Å²) in [6.07, 6.45) is 1.73. The van der Waals surface area contributed by atoms with E-state index in [0.717, 1.165) is 50.6 Å². The van der Waals surface area contributed by atoms with Crippen molar-refractivity contribution in [2.24, 2.45) is 0 Å². The molecule has 0 saturated heterocycles. The van der Waals surface area contributed by atoms with Gasteiger partial charge in [-0.25, -0.2) is 24.6 Å². The quantitative estimate of drug-likeness (QED) is 0.0183. The molecule has 23 nitrogen and oxygen atoms in total. The minimum atomic E-state index is -1.05. The maximum Gasteiger partial charge on any atom is 1.00 e. The number of nitrogens with one attached hydrogen (secondary N) is 1. The molecule has 1 N–H and O–H groups in total. The van der Waals surface area contributed by atoms with Crippen LogP contribution >= 0.6 is 0 Å². The summed E-state index contributed by atoms with van der Waals surface area (Å²) in [5, 5.41) is 16.5. The van der Waals surface area contributed by atoms with E-state index in [0.29, 0.717) is 69.9 Å². The Kier molecular flexibility index (Phi) is 34.3. The average Bonchev–Trinajstić information content (AvgIpc) is 0.768. The fourth-order valence-electron chi connectivity index (χ4n) is 12.4. The predicted molar refractivity (Wildman–Crippen MR) is 418 cm³/mol. The summed E-state index contributed by atoms with van der Waals surface area (Å²) in [5.41, 5.74) is 10.9. The Labute approximate surface area is 666 Å². The Morgan fingerprint density at radius 1 is 0.459 bits per heavy atom. The van der Waals surface area contributed by atoms with E-state index in [9.17, 15) is 48.5 Å². The second kappa shape index (κ2) is 40.9. The molecule has 0 bridgehead atoms. The normalized spacial score (nSPS) is 11.0. The van der Waals surface area contributed by atoms with Crippen molar-refractivity contribution in [2.75, 3.05) is 54.3 Å². The van der Waals surface area contributed by atoms with Crippen molar-refractivity contribution in [2.45, 2.75) is 181 Å². The van der Waals surface area contributed by atoms with E-state index < -0.39 is 70.7 Å². The number of Topliss-reactive ketones (excluding diaryl/α,β-unsaturated/α-hetero) is 1. The SMILES string of the molecule is CCOC(=O)COc1cc(CN(C(=O)c2cccc(OC)c2CC)N(C(=O)c2cc(C)cc(C)c2)C(C)(C)C)c([N+](=O)[O-])cc1OCC(=O)OCC.CCc1c(OC)cccc1C(=O)CN(C(=O)c1cc(C)cc(C)c1)C(C)(C)C.CCc1c(OC)cccc1C(=O)NN(C(=O)c1cc(C)cc(C)c1)C(C)(C)C.[H-].[Na+]. The summed E-state index contributed by atoms with van der Waals surface area (Å²) in [6.45, 7) is 35.8. The van der Waals surface area contributed by atoms with Crippen molar-refractivity contribution < 1.29 is 107 Å². The number of methoxy groups -OCH3 is 3. The number of ether oxygens (including phenoxy) is 7. The molecule has 0 aliphatic carbocycles. The van der Waals surface area contributed by atoms with Gasteiger partial charge in [0.2, 0.25) is 0 Å². The third-order valence-electron chi connectivity index (χ3n) is 17.0. The molecule has 7 rings (SSSR count). The van der Waals surface area contributed by atoms with Gasteiger partial charge in [-0.1, -0.05) is 96.6 Å².